The van der Waals surface area contributed by atoms with E-state index in [2.05, 4.69) is 15.4 Å². The molecule has 2 heterocycles. The molecule has 7 nitrogen and oxygen atoms in total. The Balaban J connectivity index is 1.56. The van der Waals surface area contributed by atoms with E-state index in [0.717, 1.165) is 0 Å². The lowest BCUT2D eigenvalue weighted by atomic mass is 10.1. The average molecular weight is 374 g/mol. The van der Waals surface area contributed by atoms with Gasteiger partial charge in [-0.1, -0.05) is 30.3 Å². The highest BCUT2D eigenvalue weighted by Gasteiger charge is 2.15. The van der Waals surface area contributed by atoms with Gasteiger partial charge < -0.3 is 10.1 Å². The second-order valence-electron chi connectivity index (χ2n) is 6.27. The first-order chi connectivity index (χ1) is 13.6. The molecule has 140 valence electrons. The van der Waals surface area contributed by atoms with Crippen LogP contribution in [0, 0.1) is 6.92 Å². The van der Waals surface area contributed by atoms with Gasteiger partial charge >= 0.3 is 0 Å². The van der Waals surface area contributed by atoms with Crippen molar-refractivity contribution >= 4 is 17.2 Å². The number of nitrogens with zero attached hydrogens (tertiary/aromatic N) is 2. The first-order valence-corrected chi connectivity index (χ1v) is 8.79. The molecule has 1 amide bonds. The zero-order chi connectivity index (χ0) is 19.5. The third-order valence-corrected chi connectivity index (χ3v) is 4.31. The Hall–Kier alpha value is -3.87. The predicted molar refractivity (Wildman–Crippen MR) is 106 cm³/mol. The number of benzene rings is 2. The average Bonchev–Trinajstić information content (AvgIpc) is 3.16. The molecule has 4 aromatic rings. The molecule has 0 spiro atoms. The highest BCUT2D eigenvalue weighted by Crippen LogP contribution is 2.29. The number of aryl methyl sites for hydroxylation is 1. The molecule has 0 aliphatic heterocycles. The number of nitrogens with one attached hydrogen (secondary N) is 2. The monoisotopic (exact) mass is 374 g/mol. The third-order valence-electron chi connectivity index (χ3n) is 4.31. The van der Waals surface area contributed by atoms with Crippen LogP contribution in [0.15, 0.2) is 71.7 Å². The fourth-order valence-electron chi connectivity index (χ4n) is 2.94. The van der Waals surface area contributed by atoms with Crippen LogP contribution in [0.1, 0.15) is 11.3 Å². The standard InChI is InChI=1S/C21H18N4O3/c1-14-16(21(27)25-19(23-14)11-12-22-25)13-20(26)24-17-9-5-6-10-18(17)28-15-7-3-2-4-8-15/h2-12,22H,13H2,1H3,(H,24,26). The molecule has 0 bridgehead atoms. The number of hydrogen-bond acceptors (Lipinski definition) is 4. The number of anilines is 1. The van der Waals surface area contributed by atoms with Gasteiger partial charge in [-0.05, 0) is 31.2 Å². The highest BCUT2D eigenvalue weighted by molar-refractivity contribution is 5.93. The zero-order valence-electron chi connectivity index (χ0n) is 15.2. The van der Waals surface area contributed by atoms with Crippen LogP contribution in [0.4, 0.5) is 5.69 Å². The molecule has 0 aliphatic carbocycles. The van der Waals surface area contributed by atoms with Gasteiger partial charge in [0.15, 0.2) is 11.4 Å². The second kappa shape index (κ2) is 7.40. The van der Waals surface area contributed by atoms with E-state index in [1.165, 1.54) is 4.52 Å². The van der Waals surface area contributed by atoms with Crippen molar-refractivity contribution in [3.05, 3.63) is 88.5 Å². The van der Waals surface area contributed by atoms with Crippen molar-refractivity contribution in [2.45, 2.75) is 13.3 Å². The fraction of sp³-hybridized carbons (Fsp3) is 0.0952. The van der Waals surface area contributed by atoms with Gasteiger partial charge in [-0.15, -0.1) is 0 Å². The zero-order valence-corrected chi connectivity index (χ0v) is 15.2. The third kappa shape index (κ3) is 3.50. The van der Waals surface area contributed by atoms with Crippen molar-refractivity contribution in [2.24, 2.45) is 0 Å². The van der Waals surface area contributed by atoms with Gasteiger partial charge in [0.05, 0.1) is 12.1 Å². The quantitative estimate of drug-likeness (QED) is 0.561. The number of rotatable bonds is 5. The van der Waals surface area contributed by atoms with E-state index in [0.29, 0.717) is 34.1 Å². The Labute approximate surface area is 160 Å². The van der Waals surface area contributed by atoms with Crippen LogP contribution >= 0.6 is 0 Å². The molecular weight excluding hydrogens is 356 g/mol. The highest BCUT2D eigenvalue weighted by atomic mass is 16.5. The van der Waals surface area contributed by atoms with Crippen molar-refractivity contribution in [2.75, 3.05) is 5.32 Å². The number of para-hydroxylation sites is 3. The lowest BCUT2D eigenvalue weighted by Gasteiger charge is -2.12. The minimum Gasteiger partial charge on any atom is -0.455 e. The van der Waals surface area contributed by atoms with Crippen LogP contribution < -0.4 is 15.6 Å². The molecule has 2 N–H and O–H groups in total. The van der Waals surface area contributed by atoms with Crippen molar-refractivity contribution in [1.29, 1.82) is 0 Å². The summed E-state index contributed by atoms with van der Waals surface area (Å²) in [5, 5.41) is 5.63. The van der Waals surface area contributed by atoms with Gasteiger partial charge in [0, 0.05) is 23.5 Å². The Morgan fingerprint density at radius 2 is 1.86 bits per heavy atom. The van der Waals surface area contributed by atoms with E-state index in [1.54, 1.807) is 37.4 Å². The number of aromatic nitrogens is 3. The predicted octanol–water partition coefficient (Wildman–Crippen LogP) is 3.30. The first-order valence-electron chi connectivity index (χ1n) is 8.79. The number of carbonyl (C=O) groups is 1. The smallest absolute Gasteiger partial charge is 0.276 e. The summed E-state index contributed by atoms with van der Waals surface area (Å²) >= 11 is 0. The molecule has 2 aromatic heterocycles. The van der Waals surface area contributed by atoms with Gasteiger partial charge in [0.25, 0.3) is 5.56 Å². The number of H-pyrrole nitrogens is 1. The summed E-state index contributed by atoms with van der Waals surface area (Å²) in [4.78, 5) is 29.6. The maximum atomic E-state index is 12.6. The van der Waals surface area contributed by atoms with Gasteiger partial charge in [0.1, 0.15) is 5.75 Å². The molecule has 2 aromatic carbocycles. The fourth-order valence-corrected chi connectivity index (χ4v) is 2.94. The SMILES string of the molecule is Cc1nc2cc[nH]n2c(=O)c1CC(=O)Nc1ccccc1Oc1ccccc1. The van der Waals surface area contributed by atoms with Gasteiger partial charge in [-0.3, -0.25) is 14.7 Å². The Bertz CT molecular complexity index is 1200. The van der Waals surface area contributed by atoms with E-state index >= 15 is 0 Å². The molecule has 0 atom stereocenters. The maximum absolute atomic E-state index is 12.6. The van der Waals surface area contributed by atoms with Crippen molar-refractivity contribution < 1.29 is 9.53 Å². The number of fused-ring (bicyclic) bond motifs is 1. The van der Waals surface area contributed by atoms with Crippen LogP contribution in [-0.4, -0.2) is 20.5 Å². The molecule has 0 aliphatic rings. The summed E-state index contributed by atoms with van der Waals surface area (Å²) in [7, 11) is 0. The number of carbonyl (C=O) groups excluding carboxylic acids is 1. The summed E-state index contributed by atoms with van der Waals surface area (Å²) in [6.07, 6.45) is 1.55. The lowest BCUT2D eigenvalue weighted by molar-refractivity contribution is -0.115. The van der Waals surface area contributed by atoms with Crippen molar-refractivity contribution in [3.8, 4) is 11.5 Å². The van der Waals surface area contributed by atoms with Crippen LogP contribution in [0.5, 0.6) is 11.5 Å². The van der Waals surface area contributed by atoms with Gasteiger partial charge in [-0.2, -0.15) is 0 Å². The molecule has 7 heteroatoms. The normalized spacial score (nSPS) is 10.8. The van der Waals surface area contributed by atoms with Gasteiger partial charge in [0.2, 0.25) is 5.91 Å². The topological polar surface area (TPSA) is 88.5 Å². The summed E-state index contributed by atoms with van der Waals surface area (Å²) in [5.41, 5.74) is 1.65. The number of amides is 1. The first kappa shape index (κ1) is 17.5. The number of aromatic amines is 1. The Morgan fingerprint density at radius 3 is 2.68 bits per heavy atom. The van der Waals surface area contributed by atoms with E-state index in [1.807, 2.05) is 36.4 Å². The lowest BCUT2D eigenvalue weighted by Crippen LogP contribution is -2.26. The van der Waals surface area contributed by atoms with E-state index in [9.17, 15) is 9.59 Å². The number of ether oxygens (including phenoxy) is 1. The van der Waals surface area contributed by atoms with Crippen molar-refractivity contribution in [1.82, 2.24) is 14.6 Å². The molecule has 0 radical (unpaired) electrons. The molecule has 0 fully saturated rings. The van der Waals surface area contributed by atoms with Gasteiger partial charge in [-0.25, -0.2) is 9.50 Å². The van der Waals surface area contributed by atoms with E-state index in [4.69, 9.17) is 4.74 Å². The summed E-state index contributed by atoms with van der Waals surface area (Å²) in [6, 6.07) is 18.2. The Kier molecular flexibility index (Phi) is 4.63. The summed E-state index contributed by atoms with van der Waals surface area (Å²) in [5.74, 6) is 0.866. The largest absolute Gasteiger partial charge is 0.455 e. The molecule has 0 saturated heterocycles. The minimum absolute atomic E-state index is 0.0840. The Morgan fingerprint density at radius 1 is 1.11 bits per heavy atom. The molecule has 4 rings (SSSR count). The maximum Gasteiger partial charge on any atom is 0.276 e. The molecule has 0 unspecified atom stereocenters. The molecule has 0 saturated carbocycles. The summed E-state index contributed by atoms with van der Waals surface area (Å²) in [6.45, 7) is 1.73. The molecule has 28 heavy (non-hydrogen) atoms. The number of hydrogen-bond donors (Lipinski definition) is 2. The van der Waals surface area contributed by atoms with E-state index < -0.39 is 0 Å². The van der Waals surface area contributed by atoms with Crippen LogP contribution in [0.2, 0.25) is 0 Å². The summed E-state index contributed by atoms with van der Waals surface area (Å²) < 4.78 is 7.18. The van der Waals surface area contributed by atoms with Crippen LogP contribution in [0.3, 0.4) is 0 Å². The van der Waals surface area contributed by atoms with Crippen LogP contribution in [-0.2, 0) is 11.2 Å². The van der Waals surface area contributed by atoms with E-state index in [-0.39, 0.29) is 17.9 Å². The molecular formula is C21H18N4O3. The van der Waals surface area contributed by atoms with Crippen molar-refractivity contribution in [3.63, 3.8) is 0 Å². The second-order valence-corrected chi connectivity index (χ2v) is 6.27. The minimum atomic E-state index is -0.322. The van der Waals surface area contributed by atoms with Crippen LogP contribution in [0.25, 0.3) is 5.65 Å².